The molecule has 0 aliphatic heterocycles. The Kier molecular flexibility index (Phi) is 6.09. The topological polar surface area (TPSA) is 34.1 Å². The average molecular weight is 214 g/mol. The minimum Gasteiger partial charge on any atom is -0.294 e. The van der Waals surface area contributed by atoms with Crippen LogP contribution in [-0.4, -0.2) is 12.1 Å². The van der Waals surface area contributed by atoms with Crippen molar-refractivity contribution in [2.24, 2.45) is 5.92 Å². The molecule has 0 aliphatic rings. The lowest BCUT2D eigenvalue weighted by molar-refractivity contribution is 0.0939. The maximum absolute atomic E-state index is 11.3. The van der Waals surface area contributed by atoms with E-state index < -0.39 is 6.29 Å². The first-order valence-electron chi connectivity index (χ1n) is 4.39. The zero-order valence-electron chi connectivity index (χ0n) is 8.54. The summed E-state index contributed by atoms with van der Waals surface area (Å²) in [7, 11) is 0. The van der Waals surface area contributed by atoms with E-state index in [0.29, 0.717) is 0 Å². The standard InChI is InChI=1S/C10H12O.CF2O/c1-8(2)10(11)9-6-4-3-5-7-9;2-1(3)4/h3-8H,1-2H3;. The lowest BCUT2D eigenvalue weighted by Crippen LogP contribution is -2.06. The normalized spacial score (nSPS) is 9.13. The number of hydrogen-bond donors (Lipinski definition) is 0. The number of ketones is 1. The highest BCUT2D eigenvalue weighted by Crippen LogP contribution is 2.06. The highest BCUT2D eigenvalue weighted by Gasteiger charge is 2.08. The number of carbonyl (C=O) groups excluding carboxylic acids is 2. The molecule has 0 radical (unpaired) electrons. The summed E-state index contributed by atoms with van der Waals surface area (Å²) in [4.78, 5) is 19.5. The van der Waals surface area contributed by atoms with E-state index >= 15 is 0 Å². The molecule has 0 saturated heterocycles. The molecule has 0 unspecified atom stereocenters. The molecule has 1 aromatic carbocycles. The summed E-state index contributed by atoms with van der Waals surface area (Å²) >= 11 is 0. The van der Waals surface area contributed by atoms with Gasteiger partial charge in [-0.2, -0.15) is 0 Å². The van der Waals surface area contributed by atoms with Crippen molar-refractivity contribution < 1.29 is 18.4 Å². The molecule has 0 bridgehead atoms. The first-order chi connectivity index (χ1) is 6.95. The van der Waals surface area contributed by atoms with Crippen molar-refractivity contribution in [1.82, 2.24) is 0 Å². The Morgan fingerprint density at radius 1 is 1.07 bits per heavy atom. The SMILES string of the molecule is CC(C)C(=O)c1ccccc1.O=C(F)F. The molecule has 0 aromatic heterocycles. The van der Waals surface area contributed by atoms with E-state index in [2.05, 4.69) is 0 Å². The van der Waals surface area contributed by atoms with Crippen LogP contribution in [0.15, 0.2) is 30.3 Å². The molecule has 82 valence electrons. The molecule has 15 heavy (non-hydrogen) atoms. The van der Waals surface area contributed by atoms with Crippen LogP contribution >= 0.6 is 0 Å². The van der Waals surface area contributed by atoms with Crippen LogP contribution in [0.1, 0.15) is 24.2 Å². The third-order valence-corrected chi connectivity index (χ3v) is 1.58. The van der Waals surface area contributed by atoms with Crippen molar-refractivity contribution in [1.29, 1.82) is 0 Å². The summed E-state index contributed by atoms with van der Waals surface area (Å²) in [5.41, 5.74) is 0.808. The summed E-state index contributed by atoms with van der Waals surface area (Å²) in [5, 5.41) is 0. The van der Waals surface area contributed by atoms with Crippen molar-refractivity contribution in [3.8, 4) is 0 Å². The molecule has 4 heteroatoms. The average Bonchev–Trinajstić information content (AvgIpc) is 2.17. The number of hydrogen-bond acceptors (Lipinski definition) is 2. The van der Waals surface area contributed by atoms with Gasteiger partial charge in [-0.05, 0) is 0 Å². The molecule has 0 N–H and O–H groups in total. The molecule has 0 fully saturated rings. The van der Waals surface area contributed by atoms with Crippen molar-refractivity contribution in [2.75, 3.05) is 0 Å². The minimum atomic E-state index is -2.83. The molecule has 0 heterocycles. The lowest BCUT2D eigenvalue weighted by atomic mass is 10.0. The highest BCUT2D eigenvalue weighted by atomic mass is 19.3. The van der Waals surface area contributed by atoms with Crippen molar-refractivity contribution in [3.05, 3.63) is 35.9 Å². The van der Waals surface area contributed by atoms with Gasteiger partial charge in [0.15, 0.2) is 5.78 Å². The quantitative estimate of drug-likeness (QED) is 0.557. The Labute approximate surface area is 86.9 Å². The zero-order valence-corrected chi connectivity index (χ0v) is 8.54. The lowest BCUT2D eigenvalue weighted by Gasteiger charge is -2.01. The van der Waals surface area contributed by atoms with Crippen LogP contribution in [0.5, 0.6) is 0 Å². The Morgan fingerprint density at radius 2 is 1.47 bits per heavy atom. The third kappa shape index (κ3) is 6.49. The van der Waals surface area contributed by atoms with Crippen LogP contribution in [0, 0.1) is 5.92 Å². The predicted octanol–water partition coefficient (Wildman–Crippen LogP) is 3.57. The Morgan fingerprint density at radius 3 is 1.80 bits per heavy atom. The maximum Gasteiger partial charge on any atom is 0.483 e. The minimum absolute atomic E-state index is 0.0948. The second-order valence-corrected chi connectivity index (χ2v) is 3.11. The summed E-state index contributed by atoms with van der Waals surface area (Å²) in [6.07, 6.45) is -2.83. The molecule has 0 aliphatic carbocycles. The Bertz CT molecular complexity index is 317. The Balaban J connectivity index is 0.000000423. The summed E-state index contributed by atoms with van der Waals surface area (Å²) in [6.45, 7) is 3.82. The van der Waals surface area contributed by atoms with E-state index in [1.807, 2.05) is 44.2 Å². The van der Waals surface area contributed by atoms with Crippen LogP contribution in [0.4, 0.5) is 13.6 Å². The molecule has 1 rings (SSSR count). The molecule has 0 amide bonds. The predicted molar refractivity (Wildman–Crippen MR) is 53.2 cm³/mol. The van der Waals surface area contributed by atoms with Gasteiger partial charge in [-0.1, -0.05) is 44.2 Å². The number of benzene rings is 1. The second kappa shape index (κ2) is 6.81. The largest absolute Gasteiger partial charge is 0.483 e. The van der Waals surface area contributed by atoms with Gasteiger partial charge in [0.1, 0.15) is 0 Å². The van der Waals surface area contributed by atoms with Crippen molar-refractivity contribution in [3.63, 3.8) is 0 Å². The molecule has 1 aromatic rings. The first kappa shape index (κ1) is 13.4. The smallest absolute Gasteiger partial charge is 0.294 e. The summed E-state index contributed by atoms with van der Waals surface area (Å²) < 4.78 is 19.4. The highest BCUT2D eigenvalue weighted by molar-refractivity contribution is 5.97. The van der Waals surface area contributed by atoms with Gasteiger partial charge in [0.25, 0.3) is 0 Å². The van der Waals surface area contributed by atoms with Gasteiger partial charge < -0.3 is 0 Å². The summed E-state index contributed by atoms with van der Waals surface area (Å²) in [5.74, 6) is 0.308. The van der Waals surface area contributed by atoms with Gasteiger partial charge in [0.05, 0.1) is 0 Å². The number of rotatable bonds is 2. The fraction of sp³-hybridized carbons (Fsp3) is 0.273. The fourth-order valence-corrected chi connectivity index (χ4v) is 0.936. The maximum atomic E-state index is 11.3. The van der Waals surface area contributed by atoms with E-state index in [4.69, 9.17) is 4.79 Å². The molecular formula is C11H12F2O2. The van der Waals surface area contributed by atoms with E-state index in [1.54, 1.807) is 0 Å². The monoisotopic (exact) mass is 214 g/mol. The molecular weight excluding hydrogens is 202 g/mol. The number of halogens is 2. The molecule has 0 atom stereocenters. The number of carbonyl (C=O) groups is 2. The van der Waals surface area contributed by atoms with Crippen molar-refractivity contribution in [2.45, 2.75) is 13.8 Å². The van der Waals surface area contributed by atoms with Crippen molar-refractivity contribution >= 4 is 12.1 Å². The van der Waals surface area contributed by atoms with Crippen LogP contribution in [-0.2, 0) is 0 Å². The van der Waals surface area contributed by atoms with Gasteiger partial charge in [0, 0.05) is 11.5 Å². The molecule has 0 saturated carbocycles. The van der Waals surface area contributed by atoms with Gasteiger partial charge in [-0.25, -0.2) is 4.79 Å². The van der Waals surface area contributed by atoms with Gasteiger partial charge in [-0.15, -0.1) is 8.78 Å². The molecule has 2 nitrogen and oxygen atoms in total. The van der Waals surface area contributed by atoms with Gasteiger partial charge >= 0.3 is 6.29 Å². The van der Waals surface area contributed by atoms with Crippen LogP contribution in [0.25, 0.3) is 0 Å². The van der Waals surface area contributed by atoms with Gasteiger partial charge in [0.2, 0.25) is 0 Å². The van der Waals surface area contributed by atoms with Crippen LogP contribution in [0.3, 0.4) is 0 Å². The molecule has 0 spiro atoms. The van der Waals surface area contributed by atoms with Crippen LogP contribution in [0.2, 0.25) is 0 Å². The van der Waals surface area contributed by atoms with E-state index in [9.17, 15) is 13.6 Å². The van der Waals surface area contributed by atoms with Gasteiger partial charge in [-0.3, -0.25) is 4.79 Å². The third-order valence-electron chi connectivity index (χ3n) is 1.58. The van der Waals surface area contributed by atoms with E-state index in [1.165, 1.54) is 0 Å². The summed E-state index contributed by atoms with van der Waals surface area (Å²) in [6, 6.07) is 9.38. The Hall–Kier alpha value is -1.58. The second-order valence-electron chi connectivity index (χ2n) is 3.11. The first-order valence-corrected chi connectivity index (χ1v) is 4.39. The zero-order chi connectivity index (χ0) is 11.8. The fourth-order valence-electron chi connectivity index (χ4n) is 0.936. The van der Waals surface area contributed by atoms with E-state index in [0.717, 1.165) is 5.56 Å². The van der Waals surface area contributed by atoms with E-state index in [-0.39, 0.29) is 11.7 Å². The van der Waals surface area contributed by atoms with Crippen LogP contribution < -0.4 is 0 Å². The number of Topliss-reactive ketones (excluding diaryl/α,β-unsaturated/α-hetero) is 1.